The minimum atomic E-state index is 0.0810. The first-order valence-electron chi connectivity index (χ1n) is 5.10. The van der Waals surface area contributed by atoms with Crippen LogP contribution in [0.25, 0.3) is 0 Å². The summed E-state index contributed by atoms with van der Waals surface area (Å²) in [4.78, 5) is 13.0. The molecule has 0 N–H and O–H groups in total. The number of thiophene rings is 1. The Kier molecular flexibility index (Phi) is 2.07. The molecule has 0 amide bonds. The number of rotatable bonds is 0. The highest BCUT2D eigenvalue weighted by Crippen LogP contribution is 2.31. The summed E-state index contributed by atoms with van der Waals surface area (Å²) in [6.45, 7) is 2.48. The molecule has 1 aliphatic heterocycles. The highest BCUT2D eigenvalue weighted by atomic mass is 32.1. The van der Waals surface area contributed by atoms with Gasteiger partial charge in [0, 0.05) is 5.56 Å². The van der Waals surface area contributed by atoms with E-state index in [4.69, 9.17) is 4.74 Å². The van der Waals surface area contributed by atoms with E-state index in [1.54, 1.807) is 0 Å². The van der Waals surface area contributed by atoms with E-state index in [1.165, 1.54) is 11.3 Å². The van der Waals surface area contributed by atoms with Gasteiger partial charge in [-0.2, -0.15) is 0 Å². The van der Waals surface area contributed by atoms with Crippen LogP contribution in [0.5, 0.6) is 5.75 Å². The minimum Gasteiger partial charge on any atom is -0.488 e. The molecule has 3 heteroatoms. The number of hydrogen-bond donors (Lipinski definition) is 0. The summed E-state index contributed by atoms with van der Waals surface area (Å²) < 4.78 is 5.67. The quantitative estimate of drug-likeness (QED) is 0.694. The highest BCUT2D eigenvalue weighted by molar-refractivity contribution is 7.12. The number of hydrogen-bond acceptors (Lipinski definition) is 3. The normalized spacial score (nSPS) is 13.7. The minimum absolute atomic E-state index is 0.0810. The molecule has 16 heavy (non-hydrogen) atoms. The fourth-order valence-corrected chi connectivity index (χ4v) is 2.73. The number of aryl methyl sites for hydroxylation is 1. The van der Waals surface area contributed by atoms with Crippen LogP contribution in [0.3, 0.4) is 0 Å². The Labute approximate surface area is 97.5 Å². The largest absolute Gasteiger partial charge is 0.488 e. The zero-order valence-electron chi connectivity index (χ0n) is 8.82. The van der Waals surface area contributed by atoms with Crippen molar-refractivity contribution in [2.24, 2.45) is 0 Å². The van der Waals surface area contributed by atoms with E-state index in [0.29, 0.717) is 17.9 Å². The Morgan fingerprint density at radius 3 is 3.06 bits per heavy atom. The Balaban J connectivity index is 2.20. The van der Waals surface area contributed by atoms with E-state index in [0.717, 1.165) is 16.0 Å². The second-order valence-electron chi connectivity index (χ2n) is 3.89. The Hall–Kier alpha value is -1.61. The van der Waals surface area contributed by atoms with Crippen LogP contribution in [0.2, 0.25) is 0 Å². The molecule has 2 aromatic rings. The molecule has 0 saturated heterocycles. The van der Waals surface area contributed by atoms with Gasteiger partial charge in [0.25, 0.3) is 0 Å². The third kappa shape index (κ3) is 1.36. The Bertz CT molecular complexity index is 569. The van der Waals surface area contributed by atoms with Gasteiger partial charge in [0.2, 0.25) is 5.78 Å². The molecule has 1 aliphatic rings. The fraction of sp³-hybridized carbons (Fsp3) is 0.154. The number of ether oxygens (including phenoxy) is 1. The zero-order chi connectivity index (χ0) is 11.1. The van der Waals surface area contributed by atoms with Gasteiger partial charge in [-0.3, -0.25) is 4.79 Å². The van der Waals surface area contributed by atoms with Crippen LogP contribution in [0.4, 0.5) is 0 Å². The SMILES string of the molecule is Cc1ccc2c(c1)OCc1ccsc1C2=O. The Morgan fingerprint density at radius 1 is 1.31 bits per heavy atom. The molecule has 0 saturated carbocycles. The average molecular weight is 230 g/mol. The van der Waals surface area contributed by atoms with E-state index in [-0.39, 0.29) is 5.78 Å². The predicted octanol–water partition coefficient (Wildman–Crippen LogP) is 3.18. The van der Waals surface area contributed by atoms with Crippen molar-refractivity contribution in [1.29, 1.82) is 0 Å². The zero-order valence-corrected chi connectivity index (χ0v) is 9.64. The molecule has 0 aliphatic carbocycles. The van der Waals surface area contributed by atoms with Crippen molar-refractivity contribution in [1.82, 2.24) is 0 Å². The van der Waals surface area contributed by atoms with E-state index >= 15 is 0 Å². The maximum absolute atomic E-state index is 12.2. The van der Waals surface area contributed by atoms with Crippen molar-refractivity contribution in [2.45, 2.75) is 13.5 Å². The monoisotopic (exact) mass is 230 g/mol. The molecule has 0 spiro atoms. The summed E-state index contributed by atoms with van der Waals surface area (Å²) in [5.74, 6) is 0.783. The maximum Gasteiger partial charge on any atom is 0.207 e. The molecule has 3 rings (SSSR count). The van der Waals surface area contributed by atoms with Crippen molar-refractivity contribution >= 4 is 17.1 Å². The molecule has 1 aromatic heterocycles. The van der Waals surface area contributed by atoms with Gasteiger partial charge in [-0.25, -0.2) is 0 Å². The number of carbonyl (C=O) groups excluding carboxylic acids is 1. The lowest BCUT2D eigenvalue weighted by Gasteiger charge is -2.06. The number of ketones is 1. The van der Waals surface area contributed by atoms with Crippen LogP contribution in [0.15, 0.2) is 29.6 Å². The van der Waals surface area contributed by atoms with Crippen LogP contribution in [-0.2, 0) is 6.61 Å². The van der Waals surface area contributed by atoms with Crippen molar-refractivity contribution in [3.63, 3.8) is 0 Å². The second kappa shape index (κ2) is 3.46. The van der Waals surface area contributed by atoms with Crippen LogP contribution < -0.4 is 4.74 Å². The summed E-state index contributed by atoms with van der Waals surface area (Å²) in [6.07, 6.45) is 0. The third-order valence-corrected chi connectivity index (χ3v) is 3.67. The van der Waals surface area contributed by atoms with Crippen LogP contribution in [0.1, 0.15) is 26.4 Å². The van der Waals surface area contributed by atoms with Gasteiger partial charge in [-0.1, -0.05) is 6.07 Å². The first-order valence-corrected chi connectivity index (χ1v) is 5.98. The topological polar surface area (TPSA) is 26.3 Å². The number of fused-ring (bicyclic) bond motifs is 2. The highest BCUT2D eigenvalue weighted by Gasteiger charge is 2.22. The lowest BCUT2D eigenvalue weighted by molar-refractivity contribution is 0.104. The number of carbonyl (C=O) groups is 1. The second-order valence-corrected chi connectivity index (χ2v) is 4.81. The fourth-order valence-electron chi connectivity index (χ4n) is 1.86. The first-order chi connectivity index (χ1) is 7.75. The van der Waals surface area contributed by atoms with Gasteiger partial charge < -0.3 is 4.74 Å². The standard InChI is InChI=1S/C13H10O2S/c1-8-2-3-10-11(6-8)15-7-9-4-5-16-13(9)12(10)14/h2-6H,7H2,1H3. The maximum atomic E-state index is 12.2. The summed E-state index contributed by atoms with van der Waals surface area (Å²) >= 11 is 1.49. The van der Waals surface area contributed by atoms with Gasteiger partial charge in [-0.05, 0) is 36.1 Å². The van der Waals surface area contributed by atoms with Crippen molar-refractivity contribution < 1.29 is 9.53 Å². The molecule has 0 atom stereocenters. The van der Waals surface area contributed by atoms with Crippen molar-refractivity contribution in [3.8, 4) is 5.75 Å². The van der Waals surface area contributed by atoms with Crippen molar-refractivity contribution in [2.75, 3.05) is 0 Å². The van der Waals surface area contributed by atoms with Gasteiger partial charge in [0.1, 0.15) is 12.4 Å². The Morgan fingerprint density at radius 2 is 2.19 bits per heavy atom. The average Bonchev–Trinajstić information content (AvgIpc) is 2.69. The van der Waals surface area contributed by atoms with Crippen LogP contribution in [-0.4, -0.2) is 5.78 Å². The molecule has 80 valence electrons. The molecule has 0 fully saturated rings. The molecule has 2 nitrogen and oxygen atoms in total. The van der Waals surface area contributed by atoms with E-state index in [9.17, 15) is 4.79 Å². The van der Waals surface area contributed by atoms with Crippen LogP contribution >= 0.6 is 11.3 Å². The summed E-state index contributed by atoms with van der Waals surface area (Å²) in [7, 11) is 0. The van der Waals surface area contributed by atoms with Gasteiger partial charge in [0.05, 0.1) is 10.4 Å². The summed E-state index contributed by atoms with van der Waals surface area (Å²) in [5.41, 5.74) is 2.77. The van der Waals surface area contributed by atoms with Crippen molar-refractivity contribution in [3.05, 3.63) is 51.2 Å². The first kappa shape index (κ1) is 9.60. The summed E-state index contributed by atoms with van der Waals surface area (Å²) in [6, 6.07) is 7.67. The van der Waals surface area contributed by atoms with E-state index in [1.807, 2.05) is 36.6 Å². The van der Waals surface area contributed by atoms with E-state index in [2.05, 4.69) is 0 Å². The summed E-state index contributed by atoms with van der Waals surface area (Å²) in [5, 5.41) is 1.94. The molecule has 2 heterocycles. The molecule has 0 radical (unpaired) electrons. The molecule has 1 aromatic carbocycles. The lowest BCUT2D eigenvalue weighted by Crippen LogP contribution is -1.99. The smallest absolute Gasteiger partial charge is 0.207 e. The van der Waals surface area contributed by atoms with E-state index < -0.39 is 0 Å². The molecule has 0 unspecified atom stereocenters. The predicted molar refractivity (Wildman–Crippen MR) is 63.3 cm³/mol. The molecular weight excluding hydrogens is 220 g/mol. The molecule has 0 bridgehead atoms. The lowest BCUT2D eigenvalue weighted by atomic mass is 10.1. The molecular formula is C13H10O2S. The number of benzene rings is 1. The van der Waals surface area contributed by atoms with Crippen LogP contribution in [0, 0.1) is 6.92 Å². The van der Waals surface area contributed by atoms with Gasteiger partial charge in [-0.15, -0.1) is 11.3 Å². The van der Waals surface area contributed by atoms with Gasteiger partial charge in [0.15, 0.2) is 0 Å². The van der Waals surface area contributed by atoms with Gasteiger partial charge >= 0.3 is 0 Å². The third-order valence-electron chi connectivity index (χ3n) is 2.72.